The van der Waals surface area contributed by atoms with Crippen LogP contribution in [0.15, 0.2) is 78.0 Å². The zero-order valence-corrected chi connectivity index (χ0v) is 27.5. The number of carbonyl (C=O) groups is 2. The maximum Gasteiger partial charge on any atom is 0.251 e. The molecule has 11 heteroatoms. The molecule has 0 bridgehead atoms. The predicted octanol–water partition coefficient (Wildman–Crippen LogP) is 5.69. The van der Waals surface area contributed by atoms with E-state index in [0.717, 1.165) is 22.6 Å². The average Bonchev–Trinajstić information content (AvgIpc) is 3.03. The van der Waals surface area contributed by atoms with E-state index in [9.17, 15) is 9.59 Å². The Labute approximate surface area is 268 Å². The molecule has 1 heterocycles. The second-order valence-electron chi connectivity index (χ2n) is 10.5. The first-order valence-corrected chi connectivity index (χ1v) is 15.3. The first-order valence-electron chi connectivity index (χ1n) is 14.3. The molecular weight excluding hydrogens is 590 g/mol. The number of thioether (sulfide) groups is 1. The third kappa shape index (κ3) is 8.66. The molecule has 0 radical (unpaired) electrons. The molecule has 10 nitrogen and oxygen atoms in total. The smallest absolute Gasteiger partial charge is 0.251 e. The number of methoxy groups -OCH3 is 3. The fraction of sp³-hybridized carbons (Fsp3) is 0.294. The van der Waals surface area contributed by atoms with Crippen molar-refractivity contribution in [2.75, 3.05) is 51.4 Å². The molecule has 0 saturated heterocycles. The SMILES string of the molecule is COc1ccc(CN(C(=O)CSc2nc(C)cc(C)n2)[C@H](C(=O)Nc2ccc(N(C)C)cc2)c2ccc(OC)c(OC)c2)cc1. The van der Waals surface area contributed by atoms with E-state index >= 15 is 0 Å². The molecule has 1 atom stereocenters. The van der Waals surface area contributed by atoms with Crippen LogP contribution in [0.1, 0.15) is 28.6 Å². The van der Waals surface area contributed by atoms with E-state index in [2.05, 4.69) is 15.3 Å². The topological polar surface area (TPSA) is 106 Å². The van der Waals surface area contributed by atoms with Crippen molar-refractivity contribution in [2.24, 2.45) is 0 Å². The van der Waals surface area contributed by atoms with Gasteiger partial charge >= 0.3 is 0 Å². The molecule has 4 aromatic rings. The summed E-state index contributed by atoms with van der Waals surface area (Å²) < 4.78 is 16.4. The van der Waals surface area contributed by atoms with Crippen molar-refractivity contribution >= 4 is 35.0 Å². The van der Waals surface area contributed by atoms with E-state index in [1.54, 1.807) is 37.3 Å². The zero-order valence-electron chi connectivity index (χ0n) is 26.7. The fourth-order valence-corrected chi connectivity index (χ4v) is 5.60. The molecule has 0 unspecified atom stereocenters. The Kier molecular flexibility index (Phi) is 11.3. The van der Waals surface area contributed by atoms with Gasteiger partial charge in [-0.05, 0) is 79.6 Å². The number of carbonyl (C=O) groups excluding carboxylic acids is 2. The highest BCUT2D eigenvalue weighted by Crippen LogP contribution is 2.34. The van der Waals surface area contributed by atoms with Gasteiger partial charge in [-0.15, -0.1) is 0 Å². The van der Waals surface area contributed by atoms with Crippen molar-refractivity contribution in [1.82, 2.24) is 14.9 Å². The van der Waals surface area contributed by atoms with E-state index in [-0.39, 0.29) is 24.1 Å². The first-order chi connectivity index (χ1) is 21.6. The van der Waals surface area contributed by atoms with Crippen LogP contribution in [0.4, 0.5) is 11.4 Å². The summed E-state index contributed by atoms with van der Waals surface area (Å²) in [4.78, 5) is 40.9. The monoisotopic (exact) mass is 629 g/mol. The van der Waals surface area contributed by atoms with E-state index in [4.69, 9.17) is 14.2 Å². The van der Waals surface area contributed by atoms with Gasteiger partial charge in [0.2, 0.25) is 5.91 Å². The van der Waals surface area contributed by atoms with Crippen LogP contribution < -0.4 is 24.4 Å². The van der Waals surface area contributed by atoms with Gasteiger partial charge in [0, 0.05) is 43.4 Å². The molecule has 0 aliphatic carbocycles. The fourth-order valence-electron chi connectivity index (χ4n) is 4.77. The van der Waals surface area contributed by atoms with Crippen LogP contribution in [0.2, 0.25) is 0 Å². The summed E-state index contributed by atoms with van der Waals surface area (Å²) in [6.07, 6.45) is 0. The summed E-state index contributed by atoms with van der Waals surface area (Å²) in [5.74, 6) is 1.02. The number of nitrogens with zero attached hydrogens (tertiary/aromatic N) is 4. The lowest BCUT2D eigenvalue weighted by molar-refractivity contribution is -0.137. The highest BCUT2D eigenvalue weighted by atomic mass is 32.2. The Bertz CT molecular complexity index is 1590. The first kappa shape index (κ1) is 33.1. The molecule has 0 fully saturated rings. The van der Waals surface area contributed by atoms with E-state index in [0.29, 0.717) is 33.7 Å². The van der Waals surface area contributed by atoms with Crippen LogP contribution in [-0.2, 0) is 16.1 Å². The lowest BCUT2D eigenvalue weighted by Crippen LogP contribution is -2.41. The molecule has 0 aliphatic rings. The number of hydrogen-bond acceptors (Lipinski definition) is 9. The Morgan fingerprint density at radius 1 is 0.822 bits per heavy atom. The van der Waals surface area contributed by atoms with Crippen LogP contribution in [0.5, 0.6) is 17.2 Å². The minimum Gasteiger partial charge on any atom is -0.497 e. The number of hydrogen-bond donors (Lipinski definition) is 1. The summed E-state index contributed by atoms with van der Waals surface area (Å²) in [6, 6.07) is 21.0. The van der Waals surface area contributed by atoms with Crippen molar-refractivity contribution < 1.29 is 23.8 Å². The lowest BCUT2D eigenvalue weighted by atomic mass is 10.0. The normalized spacial score (nSPS) is 11.4. The van der Waals surface area contributed by atoms with Crippen LogP contribution in [0.25, 0.3) is 0 Å². The predicted molar refractivity (Wildman–Crippen MR) is 177 cm³/mol. The largest absolute Gasteiger partial charge is 0.497 e. The number of amides is 2. The molecule has 0 aliphatic heterocycles. The van der Waals surface area contributed by atoms with Crippen LogP contribution in [-0.4, -0.2) is 67.9 Å². The molecule has 1 aromatic heterocycles. The van der Waals surface area contributed by atoms with Gasteiger partial charge in [0.15, 0.2) is 16.7 Å². The van der Waals surface area contributed by atoms with Crippen LogP contribution in [0.3, 0.4) is 0 Å². The van der Waals surface area contributed by atoms with Gasteiger partial charge in [-0.2, -0.15) is 0 Å². The van der Waals surface area contributed by atoms with Crippen LogP contribution >= 0.6 is 11.8 Å². The second kappa shape index (κ2) is 15.3. The molecule has 0 spiro atoms. The number of aromatic nitrogens is 2. The maximum atomic E-state index is 14.2. The van der Waals surface area contributed by atoms with Crippen molar-refractivity contribution in [3.8, 4) is 17.2 Å². The van der Waals surface area contributed by atoms with Gasteiger partial charge in [-0.3, -0.25) is 9.59 Å². The minimum atomic E-state index is -1.02. The molecule has 236 valence electrons. The van der Waals surface area contributed by atoms with Gasteiger partial charge < -0.3 is 29.3 Å². The number of aryl methyl sites for hydroxylation is 2. The Balaban J connectivity index is 1.76. The summed E-state index contributed by atoms with van der Waals surface area (Å²) >= 11 is 1.23. The molecule has 2 amide bonds. The Morgan fingerprint density at radius 3 is 2.04 bits per heavy atom. The van der Waals surface area contributed by atoms with Crippen molar-refractivity contribution in [3.63, 3.8) is 0 Å². The lowest BCUT2D eigenvalue weighted by Gasteiger charge is -2.32. The highest BCUT2D eigenvalue weighted by molar-refractivity contribution is 7.99. The quantitative estimate of drug-likeness (QED) is 0.148. The maximum absolute atomic E-state index is 14.2. The Hall–Kier alpha value is -4.77. The molecule has 45 heavy (non-hydrogen) atoms. The van der Waals surface area contributed by atoms with Crippen molar-refractivity contribution in [3.05, 3.63) is 95.3 Å². The number of benzene rings is 3. The second-order valence-corrected chi connectivity index (χ2v) is 11.5. The molecule has 3 aromatic carbocycles. The molecule has 0 saturated carbocycles. The van der Waals surface area contributed by atoms with Gasteiger partial charge in [0.25, 0.3) is 5.91 Å². The van der Waals surface area contributed by atoms with Gasteiger partial charge in [-0.1, -0.05) is 30.0 Å². The summed E-state index contributed by atoms with van der Waals surface area (Å²) in [7, 11) is 8.57. The van der Waals surface area contributed by atoms with E-state index in [1.165, 1.54) is 18.9 Å². The zero-order chi connectivity index (χ0) is 32.5. The van der Waals surface area contributed by atoms with Crippen molar-refractivity contribution in [2.45, 2.75) is 31.6 Å². The summed E-state index contributed by atoms with van der Waals surface area (Å²) in [6.45, 7) is 3.93. The Morgan fingerprint density at radius 2 is 1.47 bits per heavy atom. The van der Waals surface area contributed by atoms with E-state index in [1.807, 2.05) is 87.4 Å². The highest BCUT2D eigenvalue weighted by Gasteiger charge is 2.33. The summed E-state index contributed by atoms with van der Waals surface area (Å²) in [5, 5.41) is 3.52. The van der Waals surface area contributed by atoms with Gasteiger partial charge in [0.1, 0.15) is 11.8 Å². The molecule has 4 rings (SSSR count). The molecular formula is C34H39N5O5S. The van der Waals surface area contributed by atoms with Gasteiger partial charge in [0.05, 0.1) is 27.1 Å². The number of ether oxygens (including phenoxy) is 3. The minimum absolute atomic E-state index is 0.0215. The van der Waals surface area contributed by atoms with Crippen molar-refractivity contribution in [1.29, 1.82) is 0 Å². The third-order valence-electron chi connectivity index (χ3n) is 7.05. The number of anilines is 2. The molecule has 1 N–H and O–H groups in total. The summed E-state index contributed by atoms with van der Waals surface area (Å²) in [5.41, 5.74) is 4.61. The number of rotatable bonds is 13. The standard InChI is InChI=1S/C34H39N5O5S/c1-22-18-23(2)36-34(35-22)45-21-31(40)39(20-24-8-15-28(42-5)16-9-24)32(25-10-17-29(43-6)30(19-25)44-7)33(41)37-26-11-13-27(14-12-26)38(3)4/h8-19,32H,20-21H2,1-7H3,(H,37,41)/t32-/m0/s1. The van der Waals surface area contributed by atoms with E-state index < -0.39 is 6.04 Å². The third-order valence-corrected chi connectivity index (χ3v) is 7.89. The van der Waals surface area contributed by atoms with Crippen LogP contribution in [0, 0.1) is 13.8 Å². The van der Waals surface area contributed by atoms with Gasteiger partial charge in [-0.25, -0.2) is 9.97 Å². The average molecular weight is 630 g/mol. The number of nitrogens with one attached hydrogen (secondary N) is 1.